The Morgan fingerprint density at radius 3 is 2.44 bits per heavy atom. The quantitative estimate of drug-likeness (QED) is 0.579. The lowest BCUT2D eigenvalue weighted by Crippen LogP contribution is -2.45. The van der Waals surface area contributed by atoms with Crippen LogP contribution < -0.4 is 0 Å². The van der Waals surface area contributed by atoms with Gasteiger partial charge in [-0.2, -0.15) is 0 Å². The summed E-state index contributed by atoms with van der Waals surface area (Å²) in [5, 5.41) is 11.7. The predicted octanol–water partition coefficient (Wildman–Crippen LogP) is 4.66. The maximum Gasteiger partial charge on any atom is 0.343 e. The zero-order valence-corrected chi connectivity index (χ0v) is 19.0. The normalized spacial score (nSPS) is 20.5. The first kappa shape index (κ1) is 22.9. The summed E-state index contributed by atoms with van der Waals surface area (Å²) < 4.78 is 5.80. The standard InChI is InChI=1S/C27H36N2O3/c30-26(27(31,23-11-3-1-4-12-23)24-13-5-2-6-14-24)32-20-16-22(21-29-18-9-10-19-29)25-15-7-8-17-28-25/h1,3-4,7-8,11-12,15,17,22,24,31H,2,5-6,9-10,13-14,16,18-21H2/t22-,27?/m0/s1. The van der Waals surface area contributed by atoms with Crippen molar-refractivity contribution >= 4 is 5.97 Å². The average molecular weight is 437 g/mol. The fraction of sp³-hybridized carbons (Fsp3) is 0.556. The molecule has 2 aromatic rings. The van der Waals surface area contributed by atoms with Crippen LogP contribution in [0.15, 0.2) is 54.7 Å². The van der Waals surface area contributed by atoms with Gasteiger partial charge in [0, 0.05) is 30.3 Å². The molecule has 2 aliphatic rings. The molecule has 1 aliphatic carbocycles. The number of nitrogens with zero attached hydrogens (tertiary/aromatic N) is 2. The molecule has 1 unspecified atom stereocenters. The van der Waals surface area contributed by atoms with Crippen molar-refractivity contribution in [3.63, 3.8) is 0 Å². The van der Waals surface area contributed by atoms with E-state index in [4.69, 9.17) is 4.74 Å². The summed E-state index contributed by atoms with van der Waals surface area (Å²) in [5.74, 6) is -0.388. The van der Waals surface area contributed by atoms with Gasteiger partial charge in [0.15, 0.2) is 5.60 Å². The van der Waals surface area contributed by atoms with Crippen LogP contribution in [0.5, 0.6) is 0 Å². The third kappa shape index (κ3) is 5.38. The summed E-state index contributed by atoms with van der Waals surface area (Å²) in [6.07, 6.45) is 9.99. The van der Waals surface area contributed by atoms with Crippen LogP contribution in [0.4, 0.5) is 0 Å². The Kier molecular flexibility index (Phi) is 7.93. The number of aromatic nitrogens is 1. The predicted molar refractivity (Wildman–Crippen MR) is 125 cm³/mol. The molecule has 2 heterocycles. The Morgan fingerprint density at radius 2 is 1.75 bits per heavy atom. The van der Waals surface area contributed by atoms with E-state index >= 15 is 0 Å². The molecule has 4 rings (SSSR count). The third-order valence-corrected chi connectivity index (χ3v) is 7.20. The van der Waals surface area contributed by atoms with Crippen LogP contribution in [0, 0.1) is 5.92 Å². The molecule has 1 saturated carbocycles. The highest BCUT2D eigenvalue weighted by Gasteiger charge is 2.47. The van der Waals surface area contributed by atoms with Crippen molar-refractivity contribution in [1.82, 2.24) is 9.88 Å². The van der Waals surface area contributed by atoms with Crippen molar-refractivity contribution in [2.45, 2.75) is 62.9 Å². The van der Waals surface area contributed by atoms with Crippen molar-refractivity contribution in [2.24, 2.45) is 5.92 Å². The minimum Gasteiger partial charge on any atom is -0.463 e. The second kappa shape index (κ2) is 11.1. The van der Waals surface area contributed by atoms with Crippen LogP contribution >= 0.6 is 0 Å². The fourth-order valence-electron chi connectivity index (χ4n) is 5.36. The number of benzene rings is 1. The van der Waals surface area contributed by atoms with Gasteiger partial charge in [0.25, 0.3) is 0 Å². The number of likely N-dealkylation sites (tertiary alicyclic amines) is 1. The van der Waals surface area contributed by atoms with E-state index in [9.17, 15) is 9.90 Å². The summed E-state index contributed by atoms with van der Waals surface area (Å²) in [4.78, 5) is 20.4. The van der Waals surface area contributed by atoms with E-state index in [0.717, 1.165) is 51.0 Å². The highest BCUT2D eigenvalue weighted by Crippen LogP contribution is 2.40. The van der Waals surface area contributed by atoms with Crippen LogP contribution in [-0.4, -0.2) is 47.2 Å². The molecule has 0 spiro atoms. The lowest BCUT2D eigenvalue weighted by Gasteiger charge is -2.37. The molecule has 0 amide bonds. The van der Waals surface area contributed by atoms with E-state index in [0.29, 0.717) is 12.0 Å². The van der Waals surface area contributed by atoms with Crippen molar-refractivity contribution in [3.8, 4) is 0 Å². The molecule has 1 aromatic carbocycles. The zero-order valence-electron chi connectivity index (χ0n) is 19.0. The second-order valence-electron chi connectivity index (χ2n) is 9.35. The molecule has 2 atom stereocenters. The number of hydrogen-bond acceptors (Lipinski definition) is 5. The smallest absolute Gasteiger partial charge is 0.343 e. The Bertz CT molecular complexity index is 832. The lowest BCUT2D eigenvalue weighted by molar-refractivity contribution is -0.175. The second-order valence-corrected chi connectivity index (χ2v) is 9.35. The first-order chi connectivity index (χ1) is 15.7. The Hall–Kier alpha value is -2.24. The van der Waals surface area contributed by atoms with Crippen LogP contribution in [0.3, 0.4) is 0 Å². The Balaban J connectivity index is 1.44. The number of esters is 1. The molecule has 0 bridgehead atoms. The van der Waals surface area contributed by atoms with E-state index < -0.39 is 11.6 Å². The van der Waals surface area contributed by atoms with Crippen molar-refractivity contribution in [2.75, 3.05) is 26.2 Å². The van der Waals surface area contributed by atoms with Crippen molar-refractivity contribution in [3.05, 3.63) is 66.0 Å². The molecular formula is C27H36N2O3. The Morgan fingerprint density at radius 1 is 1.03 bits per heavy atom. The lowest BCUT2D eigenvalue weighted by atomic mass is 9.73. The first-order valence-electron chi connectivity index (χ1n) is 12.3. The van der Waals surface area contributed by atoms with E-state index in [-0.39, 0.29) is 18.4 Å². The van der Waals surface area contributed by atoms with Crippen molar-refractivity contribution in [1.29, 1.82) is 0 Å². The molecule has 1 aromatic heterocycles. The molecular weight excluding hydrogens is 400 g/mol. The third-order valence-electron chi connectivity index (χ3n) is 7.20. The molecule has 1 aliphatic heterocycles. The van der Waals surface area contributed by atoms with Gasteiger partial charge in [-0.3, -0.25) is 4.98 Å². The average Bonchev–Trinajstić information content (AvgIpc) is 3.37. The molecule has 1 N–H and O–H groups in total. The highest BCUT2D eigenvalue weighted by molar-refractivity contribution is 5.81. The monoisotopic (exact) mass is 436 g/mol. The number of aliphatic hydroxyl groups is 1. The van der Waals surface area contributed by atoms with Gasteiger partial charge in [0.2, 0.25) is 0 Å². The summed E-state index contributed by atoms with van der Waals surface area (Å²) in [6, 6.07) is 15.4. The van der Waals surface area contributed by atoms with E-state index in [1.807, 2.05) is 48.7 Å². The zero-order chi connectivity index (χ0) is 22.2. The SMILES string of the molecule is O=C(OCC[C@@H](CN1CCCC1)c1ccccn1)C(O)(c1ccccc1)C1CCCCC1. The van der Waals surface area contributed by atoms with E-state index in [1.54, 1.807) is 0 Å². The largest absolute Gasteiger partial charge is 0.463 e. The molecule has 2 fully saturated rings. The van der Waals surface area contributed by atoms with Crippen LogP contribution in [-0.2, 0) is 15.1 Å². The number of carbonyl (C=O) groups is 1. The van der Waals surface area contributed by atoms with Crippen molar-refractivity contribution < 1.29 is 14.6 Å². The maximum absolute atomic E-state index is 13.3. The van der Waals surface area contributed by atoms with Gasteiger partial charge in [0.05, 0.1) is 6.61 Å². The van der Waals surface area contributed by atoms with Crippen LogP contribution in [0.1, 0.15) is 68.5 Å². The number of rotatable bonds is 9. The molecule has 1 saturated heterocycles. The topological polar surface area (TPSA) is 62.7 Å². The minimum absolute atomic E-state index is 0.0951. The maximum atomic E-state index is 13.3. The minimum atomic E-state index is -1.57. The Labute approximate surface area is 191 Å². The highest BCUT2D eigenvalue weighted by atomic mass is 16.5. The summed E-state index contributed by atoms with van der Waals surface area (Å²) in [5.41, 5.74) is 0.119. The molecule has 172 valence electrons. The number of pyridine rings is 1. The molecule has 5 heteroatoms. The summed E-state index contributed by atoms with van der Waals surface area (Å²) in [6.45, 7) is 3.47. The van der Waals surface area contributed by atoms with Gasteiger partial charge >= 0.3 is 5.97 Å². The fourth-order valence-corrected chi connectivity index (χ4v) is 5.36. The number of carbonyl (C=O) groups excluding carboxylic acids is 1. The van der Waals surface area contributed by atoms with Gasteiger partial charge in [-0.05, 0) is 62.9 Å². The summed E-state index contributed by atoms with van der Waals surface area (Å²) >= 11 is 0. The molecule has 0 radical (unpaired) electrons. The van der Waals surface area contributed by atoms with E-state index in [2.05, 4.69) is 16.0 Å². The van der Waals surface area contributed by atoms with Gasteiger partial charge < -0.3 is 14.7 Å². The number of ether oxygens (including phenoxy) is 1. The van der Waals surface area contributed by atoms with E-state index in [1.165, 1.54) is 19.3 Å². The molecule has 5 nitrogen and oxygen atoms in total. The van der Waals surface area contributed by atoms with Gasteiger partial charge in [-0.25, -0.2) is 4.79 Å². The summed E-state index contributed by atoms with van der Waals surface area (Å²) in [7, 11) is 0. The first-order valence-corrected chi connectivity index (χ1v) is 12.3. The van der Waals surface area contributed by atoms with Crippen LogP contribution in [0.25, 0.3) is 0 Å². The number of hydrogen-bond donors (Lipinski definition) is 1. The molecule has 32 heavy (non-hydrogen) atoms. The van der Waals surface area contributed by atoms with Gasteiger partial charge in [0.1, 0.15) is 0 Å². The van der Waals surface area contributed by atoms with Gasteiger partial charge in [-0.15, -0.1) is 0 Å². The van der Waals surface area contributed by atoms with Gasteiger partial charge in [-0.1, -0.05) is 55.7 Å². The van der Waals surface area contributed by atoms with Crippen LogP contribution in [0.2, 0.25) is 0 Å².